The molecule has 0 bridgehead atoms. The van der Waals surface area contributed by atoms with Crippen molar-refractivity contribution in [1.82, 2.24) is 4.90 Å². The first-order valence-electron chi connectivity index (χ1n) is 7.63. The highest BCUT2D eigenvalue weighted by Crippen LogP contribution is 2.31. The molecule has 2 heterocycles. The lowest BCUT2D eigenvalue weighted by atomic mass is 10.0. The van der Waals surface area contributed by atoms with Crippen LogP contribution in [0.25, 0.3) is 0 Å². The molecule has 1 aromatic rings. The summed E-state index contributed by atoms with van der Waals surface area (Å²) < 4.78 is 11.4. The molecule has 0 atom stereocenters. The zero-order chi connectivity index (χ0) is 14.7. The van der Waals surface area contributed by atoms with Gasteiger partial charge in [-0.3, -0.25) is 4.90 Å². The molecule has 2 saturated heterocycles. The maximum Gasteiger partial charge on any atom is 0.324 e. The van der Waals surface area contributed by atoms with E-state index in [4.69, 9.17) is 9.47 Å². The molecule has 21 heavy (non-hydrogen) atoms. The van der Waals surface area contributed by atoms with E-state index in [9.17, 15) is 4.79 Å². The summed E-state index contributed by atoms with van der Waals surface area (Å²) in [5, 5.41) is 0. The Bertz CT molecular complexity index is 476. The second-order valence-electron chi connectivity index (χ2n) is 5.46. The predicted octanol–water partition coefficient (Wildman–Crippen LogP) is 2.47. The van der Waals surface area contributed by atoms with Crippen molar-refractivity contribution < 1.29 is 14.3 Å². The smallest absolute Gasteiger partial charge is 0.324 e. The number of benzene rings is 1. The minimum absolute atomic E-state index is 0.0662. The molecule has 114 valence electrons. The van der Waals surface area contributed by atoms with E-state index in [1.165, 1.54) is 0 Å². The van der Waals surface area contributed by atoms with Crippen LogP contribution in [0.4, 0.5) is 10.5 Å². The van der Waals surface area contributed by atoms with E-state index in [0.29, 0.717) is 32.8 Å². The van der Waals surface area contributed by atoms with Gasteiger partial charge in [0.2, 0.25) is 0 Å². The van der Waals surface area contributed by atoms with Crippen molar-refractivity contribution in [2.24, 2.45) is 0 Å². The third kappa shape index (κ3) is 2.89. The van der Waals surface area contributed by atoms with Crippen LogP contribution in [-0.4, -0.2) is 49.6 Å². The molecule has 2 aliphatic heterocycles. The fourth-order valence-corrected chi connectivity index (χ4v) is 3.03. The van der Waals surface area contributed by atoms with Crippen LogP contribution in [0.5, 0.6) is 0 Å². The number of carbonyl (C=O) groups is 1. The Hall–Kier alpha value is -1.59. The summed E-state index contributed by atoms with van der Waals surface area (Å²) >= 11 is 0. The van der Waals surface area contributed by atoms with E-state index in [1.807, 2.05) is 47.1 Å². The second-order valence-corrected chi connectivity index (χ2v) is 5.46. The monoisotopic (exact) mass is 290 g/mol. The SMILES string of the molecule is CCN(C(=O)N1CCC2(CC1)OCCO2)c1ccccc1. The lowest BCUT2D eigenvalue weighted by Crippen LogP contribution is -2.51. The standard InChI is InChI=1S/C16H22N2O3/c1-2-18(14-6-4-3-5-7-14)15(19)17-10-8-16(9-11-17)20-12-13-21-16/h3-7H,2,8-13H2,1H3. The van der Waals surface area contributed by atoms with Gasteiger partial charge in [0.15, 0.2) is 5.79 Å². The Labute approximate surface area is 125 Å². The Morgan fingerprint density at radius 2 is 1.81 bits per heavy atom. The van der Waals surface area contributed by atoms with Gasteiger partial charge in [0.05, 0.1) is 13.2 Å². The first-order chi connectivity index (χ1) is 10.2. The molecule has 0 saturated carbocycles. The highest BCUT2D eigenvalue weighted by atomic mass is 16.7. The lowest BCUT2D eigenvalue weighted by molar-refractivity contribution is -0.181. The number of para-hydroxylation sites is 1. The van der Waals surface area contributed by atoms with Crippen molar-refractivity contribution in [2.45, 2.75) is 25.6 Å². The number of ether oxygens (including phenoxy) is 2. The number of likely N-dealkylation sites (tertiary alicyclic amines) is 1. The number of anilines is 1. The van der Waals surface area contributed by atoms with Crippen molar-refractivity contribution in [3.63, 3.8) is 0 Å². The average molecular weight is 290 g/mol. The predicted molar refractivity (Wildman–Crippen MR) is 80.3 cm³/mol. The van der Waals surface area contributed by atoms with Crippen molar-refractivity contribution >= 4 is 11.7 Å². The molecule has 1 spiro atoms. The molecular formula is C16H22N2O3. The summed E-state index contributed by atoms with van der Waals surface area (Å²) in [6.45, 7) is 5.36. The fourth-order valence-electron chi connectivity index (χ4n) is 3.03. The van der Waals surface area contributed by atoms with E-state index in [-0.39, 0.29) is 6.03 Å². The number of urea groups is 1. The van der Waals surface area contributed by atoms with Crippen LogP contribution >= 0.6 is 0 Å². The minimum atomic E-state index is -0.430. The molecule has 1 aromatic carbocycles. The minimum Gasteiger partial charge on any atom is -0.347 e. The Morgan fingerprint density at radius 1 is 1.19 bits per heavy atom. The maximum atomic E-state index is 12.7. The van der Waals surface area contributed by atoms with Crippen molar-refractivity contribution in [3.8, 4) is 0 Å². The molecule has 0 aromatic heterocycles. The van der Waals surface area contributed by atoms with Gasteiger partial charge in [-0.2, -0.15) is 0 Å². The third-order valence-corrected chi connectivity index (χ3v) is 4.22. The summed E-state index contributed by atoms with van der Waals surface area (Å²) in [5.74, 6) is -0.430. The van der Waals surface area contributed by atoms with Crippen LogP contribution in [0, 0.1) is 0 Å². The summed E-state index contributed by atoms with van der Waals surface area (Å²) in [6, 6.07) is 9.87. The topological polar surface area (TPSA) is 42.0 Å². The largest absolute Gasteiger partial charge is 0.347 e. The van der Waals surface area contributed by atoms with E-state index in [2.05, 4.69) is 0 Å². The number of piperidine rings is 1. The number of hydrogen-bond acceptors (Lipinski definition) is 3. The first-order valence-corrected chi connectivity index (χ1v) is 7.63. The highest BCUT2D eigenvalue weighted by molar-refractivity contribution is 5.92. The van der Waals surface area contributed by atoms with E-state index in [0.717, 1.165) is 18.5 Å². The van der Waals surface area contributed by atoms with E-state index >= 15 is 0 Å². The third-order valence-electron chi connectivity index (χ3n) is 4.22. The molecule has 2 fully saturated rings. The van der Waals surface area contributed by atoms with Gasteiger partial charge < -0.3 is 14.4 Å². The quantitative estimate of drug-likeness (QED) is 0.840. The number of nitrogens with zero attached hydrogens (tertiary/aromatic N) is 2. The molecule has 2 aliphatic rings. The van der Waals surface area contributed by atoms with Crippen LogP contribution in [0.3, 0.4) is 0 Å². The Balaban J connectivity index is 1.65. The van der Waals surface area contributed by atoms with Gasteiger partial charge in [-0.15, -0.1) is 0 Å². The average Bonchev–Trinajstić information content (AvgIpc) is 2.98. The molecule has 2 amide bonds. The molecule has 5 nitrogen and oxygen atoms in total. The molecule has 5 heteroatoms. The van der Waals surface area contributed by atoms with Crippen LogP contribution in [0.15, 0.2) is 30.3 Å². The maximum absolute atomic E-state index is 12.7. The fraction of sp³-hybridized carbons (Fsp3) is 0.562. The van der Waals surface area contributed by atoms with Gasteiger partial charge >= 0.3 is 6.03 Å². The first kappa shape index (κ1) is 14.4. The number of amides is 2. The van der Waals surface area contributed by atoms with Crippen molar-refractivity contribution in [1.29, 1.82) is 0 Å². The molecule has 0 radical (unpaired) electrons. The summed E-state index contributed by atoms with van der Waals surface area (Å²) in [7, 11) is 0. The lowest BCUT2D eigenvalue weighted by Gasteiger charge is -2.39. The van der Waals surface area contributed by atoms with Crippen molar-refractivity contribution in [2.75, 3.05) is 37.7 Å². The summed E-state index contributed by atoms with van der Waals surface area (Å²) in [6.07, 6.45) is 1.51. The van der Waals surface area contributed by atoms with Gasteiger partial charge in [0.1, 0.15) is 0 Å². The van der Waals surface area contributed by atoms with E-state index in [1.54, 1.807) is 0 Å². The zero-order valence-corrected chi connectivity index (χ0v) is 12.5. The Morgan fingerprint density at radius 3 is 2.38 bits per heavy atom. The van der Waals surface area contributed by atoms with Crippen LogP contribution in [-0.2, 0) is 9.47 Å². The Kier molecular flexibility index (Phi) is 4.12. The second kappa shape index (κ2) is 6.03. The van der Waals surface area contributed by atoms with Gasteiger partial charge in [0.25, 0.3) is 0 Å². The number of rotatable bonds is 2. The molecular weight excluding hydrogens is 268 g/mol. The van der Waals surface area contributed by atoms with Crippen LogP contribution in [0.2, 0.25) is 0 Å². The van der Waals surface area contributed by atoms with E-state index < -0.39 is 5.79 Å². The summed E-state index contributed by atoms with van der Waals surface area (Å²) in [5.41, 5.74) is 0.943. The highest BCUT2D eigenvalue weighted by Gasteiger charge is 2.41. The van der Waals surface area contributed by atoms with Crippen LogP contribution < -0.4 is 4.90 Å². The molecule has 0 N–H and O–H groups in total. The molecule has 0 aliphatic carbocycles. The van der Waals surface area contributed by atoms with Gasteiger partial charge in [-0.25, -0.2) is 4.79 Å². The summed E-state index contributed by atoms with van der Waals surface area (Å²) in [4.78, 5) is 16.4. The van der Waals surface area contributed by atoms with Gasteiger partial charge in [-0.1, -0.05) is 18.2 Å². The van der Waals surface area contributed by atoms with Gasteiger partial charge in [0, 0.05) is 38.2 Å². The van der Waals surface area contributed by atoms with Crippen LogP contribution in [0.1, 0.15) is 19.8 Å². The van der Waals surface area contributed by atoms with Gasteiger partial charge in [-0.05, 0) is 19.1 Å². The number of carbonyl (C=O) groups excluding carboxylic acids is 1. The van der Waals surface area contributed by atoms with Crippen molar-refractivity contribution in [3.05, 3.63) is 30.3 Å². The number of hydrogen-bond donors (Lipinski definition) is 0. The zero-order valence-electron chi connectivity index (χ0n) is 12.5. The molecule has 0 unspecified atom stereocenters. The molecule has 3 rings (SSSR count). The normalized spacial score (nSPS) is 20.7.